The lowest BCUT2D eigenvalue weighted by atomic mass is 10.1. The summed E-state index contributed by atoms with van der Waals surface area (Å²) in [5.74, 6) is 0.735. The van der Waals surface area contributed by atoms with Crippen LogP contribution in [0.5, 0.6) is 0 Å². The summed E-state index contributed by atoms with van der Waals surface area (Å²) >= 11 is 3.07. The maximum atomic E-state index is 13.7. The van der Waals surface area contributed by atoms with Gasteiger partial charge in [-0.1, -0.05) is 60.3 Å². The molecule has 1 aliphatic rings. The summed E-state index contributed by atoms with van der Waals surface area (Å²) in [7, 11) is 0. The van der Waals surface area contributed by atoms with Gasteiger partial charge in [-0.3, -0.25) is 9.36 Å². The van der Waals surface area contributed by atoms with Gasteiger partial charge in [-0.15, -0.1) is 21.5 Å². The first-order valence-electron chi connectivity index (χ1n) is 11.8. The van der Waals surface area contributed by atoms with E-state index in [1.807, 2.05) is 73.8 Å². The molecule has 1 saturated heterocycles. The Morgan fingerprint density at radius 3 is 2.77 bits per heavy atom. The minimum absolute atomic E-state index is 0.0840. The van der Waals surface area contributed by atoms with Crippen molar-refractivity contribution in [1.82, 2.24) is 14.8 Å². The number of thiophene rings is 1. The van der Waals surface area contributed by atoms with Crippen LogP contribution in [0.25, 0.3) is 10.7 Å². The van der Waals surface area contributed by atoms with Crippen LogP contribution in [0.2, 0.25) is 0 Å². The Morgan fingerprint density at radius 1 is 1.17 bits per heavy atom. The number of carbonyl (C=O) groups is 1. The van der Waals surface area contributed by atoms with Gasteiger partial charge in [-0.05, 0) is 60.9 Å². The first-order chi connectivity index (χ1) is 17.1. The first kappa shape index (κ1) is 23.8. The van der Waals surface area contributed by atoms with E-state index < -0.39 is 5.25 Å². The molecule has 1 fully saturated rings. The average molecular weight is 505 g/mol. The van der Waals surface area contributed by atoms with E-state index in [1.54, 1.807) is 11.3 Å². The number of hydrogen-bond acceptors (Lipinski definition) is 6. The van der Waals surface area contributed by atoms with Crippen LogP contribution in [0, 0.1) is 13.8 Å². The SMILES string of the molecule is Cc1ccc(C)c(NC(=O)[C@H](Sc2nnc(-c3cccs3)n2C[C@@H]2CCCO2)c2ccccc2)c1. The number of anilines is 1. The van der Waals surface area contributed by atoms with Gasteiger partial charge in [0.1, 0.15) is 5.25 Å². The summed E-state index contributed by atoms with van der Waals surface area (Å²) in [6, 6.07) is 20.0. The third-order valence-corrected chi connectivity index (χ3v) is 8.18. The zero-order chi connectivity index (χ0) is 24.2. The van der Waals surface area contributed by atoms with Crippen LogP contribution in [-0.4, -0.2) is 33.4 Å². The van der Waals surface area contributed by atoms with Crippen molar-refractivity contribution in [2.75, 3.05) is 11.9 Å². The molecule has 6 nitrogen and oxygen atoms in total. The van der Waals surface area contributed by atoms with Crippen molar-refractivity contribution in [3.8, 4) is 10.7 Å². The smallest absolute Gasteiger partial charge is 0.242 e. The largest absolute Gasteiger partial charge is 0.376 e. The Balaban J connectivity index is 1.48. The van der Waals surface area contributed by atoms with Gasteiger partial charge in [0.25, 0.3) is 0 Å². The molecule has 0 bridgehead atoms. The average Bonchev–Trinajstić information content (AvgIpc) is 3.64. The molecule has 0 radical (unpaired) electrons. The van der Waals surface area contributed by atoms with E-state index in [-0.39, 0.29) is 12.0 Å². The second-order valence-electron chi connectivity index (χ2n) is 8.75. The molecule has 0 saturated carbocycles. The highest BCUT2D eigenvalue weighted by molar-refractivity contribution is 8.00. The topological polar surface area (TPSA) is 69.0 Å². The molecule has 8 heteroatoms. The summed E-state index contributed by atoms with van der Waals surface area (Å²) in [6.07, 6.45) is 2.21. The van der Waals surface area contributed by atoms with E-state index in [1.165, 1.54) is 11.8 Å². The molecule has 35 heavy (non-hydrogen) atoms. The lowest BCUT2D eigenvalue weighted by molar-refractivity contribution is -0.115. The Bertz CT molecular complexity index is 1280. The molecule has 4 aromatic rings. The third kappa shape index (κ3) is 5.50. The van der Waals surface area contributed by atoms with Crippen LogP contribution in [-0.2, 0) is 16.1 Å². The van der Waals surface area contributed by atoms with Crippen LogP contribution in [0.3, 0.4) is 0 Å². The zero-order valence-electron chi connectivity index (χ0n) is 19.8. The van der Waals surface area contributed by atoms with E-state index in [9.17, 15) is 4.79 Å². The number of hydrogen-bond donors (Lipinski definition) is 1. The molecule has 2 atom stereocenters. The third-order valence-electron chi connectivity index (χ3n) is 6.08. The number of amides is 1. The molecule has 0 spiro atoms. The van der Waals surface area contributed by atoms with Gasteiger partial charge >= 0.3 is 0 Å². The van der Waals surface area contributed by atoms with Crippen LogP contribution >= 0.6 is 23.1 Å². The molecule has 180 valence electrons. The molecular weight excluding hydrogens is 476 g/mol. The van der Waals surface area contributed by atoms with E-state index in [0.29, 0.717) is 11.7 Å². The molecule has 0 unspecified atom stereocenters. The van der Waals surface area contributed by atoms with Crippen LogP contribution in [0.1, 0.15) is 34.8 Å². The molecule has 5 rings (SSSR count). The fourth-order valence-electron chi connectivity index (χ4n) is 4.20. The molecule has 3 heterocycles. The number of nitrogens with one attached hydrogen (secondary N) is 1. The van der Waals surface area contributed by atoms with Gasteiger partial charge in [0.2, 0.25) is 5.91 Å². The van der Waals surface area contributed by atoms with Gasteiger partial charge < -0.3 is 10.1 Å². The first-order valence-corrected chi connectivity index (χ1v) is 13.5. The highest BCUT2D eigenvalue weighted by atomic mass is 32.2. The van der Waals surface area contributed by atoms with Crippen molar-refractivity contribution in [2.45, 2.75) is 49.7 Å². The van der Waals surface area contributed by atoms with Crippen molar-refractivity contribution < 1.29 is 9.53 Å². The predicted octanol–water partition coefficient (Wildman–Crippen LogP) is 6.27. The Hall–Kier alpha value is -2.94. The van der Waals surface area contributed by atoms with Crippen LogP contribution < -0.4 is 5.32 Å². The number of ether oxygens (including phenoxy) is 1. The van der Waals surface area contributed by atoms with Gasteiger partial charge in [-0.2, -0.15) is 0 Å². The van der Waals surface area contributed by atoms with E-state index >= 15 is 0 Å². The van der Waals surface area contributed by atoms with Crippen molar-refractivity contribution in [1.29, 1.82) is 0 Å². The van der Waals surface area contributed by atoms with Gasteiger partial charge in [0.05, 0.1) is 17.5 Å². The zero-order valence-corrected chi connectivity index (χ0v) is 21.4. The molecule has 1 aliphatic heterocycles. The minimum atomic E-state index is -0.486. The molecular formula is C27H28N4O2S2. The predicted molar refractivity (Wildman–Crippen MR) is 142 cm³/mol. The molecule has 1 amide bonds. The number of carbonyl (C=O) groups excluding carboxylic acids is 1. The highest BCUT2D eigenvalue weighted by Crippen LogP contribution is 2.38. The van der Waals surface area contributed by atoms with Crippen LogP contribution in [0.15, 0.2) is 71.2 Å². The number of thioether (sulfide) groups is 1. The maximum absolute atomic E-state index is 13.7. The molecule has 1 N–H and O–H groups in total. The molecule has 2 aromatic carbocycles. The number of aromatic nitrogens is 3. The minimum Gasteiger partial charge on any atom is -0.376 e. The van der Waals surface area contributed by atoms with Gasteiger partial charge in [-0.25, -0.2) is 0 Å². The summed E-state index contributed by atoms with van der Waals surface area (Å²) in [4.78, 5) is 14.7. The second kappa shape index (κ2) is 10.8. The van der Waals surface area contributed by atoms with Crippen molar-refractivity contribution >= 4 is 34.7 Å². The lowest BCUT2D eigenvalue weighted by Gasteiger charge is -2.19. The maximum Gasteiger partial charge on any atom is 0.242 e. The summed E-state index contributed by atoms with van der Waals surface area (Å²) in [5, 5.41) is 14.5. The van der Waals surface area contributed by atoms with Crippen molar-refractivity contribution in [2.24, 2.45) is 0 Å². The summed E-state index contributed by atoms with van der Waals surface area (Å²) in [5.41, 5.74) is 3.88. The Kier molecular flexibility index (Phi) is 7.32. The number of aryl methyl sites for hydroxylation is 2. The van der Waals surface area contributed by atoms with Crippen molar-refractivity contribution in [3.63, 3.8) is 0 Å². The lowest BCUT2D eigenvalue weighted by Crippen LogP contribution is -2.21. The van der Waals surface area contributed by atoms with Crippen molar-refractivity contribution in [3.05, 3.63) is 82.7 Å². The Morgan fingerprint density at radius 2 is 2.03 bits per heavy atom. The van der Waals surface area contributed by atoms with E-state index in [2.05, 4.69) is 26.1 Å². The monoisotopic (exact) mass is 504 g/mol. The Labute approximate surface area is 213 Å². The highest BCUT2D eigenvalue weighted by Gasteiger charge is 2.28. The fourth-order valence-corrected chi connectivity index (χ4v) is 5.96. The summed E-state index contributed by atoms with van der Waals surface area (Å²) in [6.45, 7) is 5.49. The quantitative estimate of drug-likeness (QED) is 0.286. The number of rotatable bonds is 8. The summed E-state index contributed by atoms with van der Waals surface area (Å²) < 4.78 is 8.05. The van der Waals surface area contributed by atoms with E-state index in [4.69, 9.17) is 4.74 Å². The second-order valence-corrected chi connectivity index (χ2v) is 10.8. The van der Waals surface area contributed by atoms with Crippen LogP contribution in [0.4, 0.5) is 5.69 Å². The van der Waals surface area contributed by atoms with E-state index in [0.717, 1.165) is 52.5 Å². The number of benzene rings is 2. The van der Waals surface area contributed by atoms with Gasteiger partial charge in [0.15, 0.2) is 11.0 Å². The normalized spacial score (nSPS) is 16.3. The number of nitrogens with zero attached hydrogens (tertiary/aromatic N) is 3. The molecule has 0 aliphatic carbocycles. The standard InChI is InChI=1S/C27H28N4O2S2/c1-18-12-13-19(2)22(16-18)28-26(32)24(20-8-4-3-5-9-20)35-27-30-29-25(23-11-7-15-34-23)31(27)17-21-10-6-14-33-21/h3-5,7-9,11-13,15-16,21,24H,6,10,14,17H2,1-2H3,(H,28,32)/t21-,24+/m0/s1. The molecule has 2 aromatic heterocycles. The van der Waals surface area contributed by atoms with Gasteiger partial charge in [0, 0.05) is 12.3 Å². The fraction of sp³-hybridized carbons (Fsp3) is 0.296.